The van der Waals surface area contributed by atoms with Gasteiger partial charge in [0.05, 0.1) is 0 Å². The predicted molar refractivity (Wildman–Crippen MR) is 82.2 cm³/mol. The van der Waals surface area contributed by atoms with Gasteiger partial charge in [0.15, 0.2) is 0 Å². The van der Waals surface area contributed by atoms with Crippen LogP contribution in [0.4, 0.5) is 0 Å². The van der Waals surface area contributed by atoms with E-state index in [1.807, 2.05) is 30.4 Å². The van der Waals surface area contributed by atoms with Gasteiger partial charge >= 0.3 is 0 Å². The van der Waals surface area contributed by atoms with E-state index >= 15 is 0 Å². The number of unbranched alkanes of at least 4 members (excludes halogenated alkanes) is 1. The summed E-state index contributed by atoms with van der Waals surface area (Å²) in [7, 11) is 0. The molecule has 2 atom stereocenters. The Kier molecular flexibility index (Phi) is 6.88. The first-order chi connectivity index (χ1) is 9.19. The fourth-order valence-electron chi connectivity index (χ4n) is 2.51. The summed E-state index contributed by atoms with van der Waals surface area (Å²) < 4.78 is 0. The second-order valence-electron chi connectivity index (χ2n) is 5.04. The van der Waals surface area contributed by atoms with Crippen LogP contribution in [0.2, 0.25) is 0 Å². The van der Waals surface area contributed by atoms with Gasteiger partial charge in [-0.3, -0.25) is 0 Å². The number of ketones is 1. The van der Waals surface area contributed by atoms with Crippen molar-refractivity contribution in [3.63, 3.8) is 0 Å². The van der Waals surface area contributed by atoms with E-state index in [0.717, 1.165) is 19.3 Å². The third-order valence-electron chi connectivity index (χ3n) is 3.50. The number of Topliss-reactive ketones (excluding diaryl/α,β-unsaturated/α-hetero) is 1. The van der Waals surface area contributed by atoms with Crippen LogP contribution in [-0.4, -0.2) is 5.78 Å². The van der Waals surface area contributed by atoms with Crippen LogP contribution in [0.3, 0.4) is 0 Å². The Morgan fingerprint density at radius 1 is 1.26 bits per heavy atom. The second kappa shape index (κ2) is 8.47. The average molecular weight is 256 g/mol. The summed E-state index contributed by atoms with van der Waals surface area (Å²) in [4.78, 5) is 11.5. The summed E-state index contributed by atoms with van der Waals surface area (Å²) in [6.45, 7) is 9.38. The molecule has 0 heterocycles. The van der Waals surface area contributed by atoms with Crippen LogP contribution in [0.5, 0.6) is 0 Å². The largest absolute Gasteiger partial charge is 0.300 e. The molecule has 1 aromatic carbocycles. The number of hydrogen-bond acceptors (Lipinski definition) is 1. The Hall–Kier alpha value is -1.63. The molecule has 0 spiro atoms. The van der Waals surface area contributed by atoms with E-state index in [1.165, 1.54) is 5.56 Å². The molecule has 0 bridgehead atoms. The molecule has 0 amide bonds. The van der Waals surface area contributed by atoms with Gasteiger partial charge in [-0.05, 0) is 43.6 Å². The molecule has 1 aromatic rings. The maximum absolute atomic E-state index is 11.5. The number of hydrogen-bond donors (Lipinski definition) is 0. The molecule has 0 fully saturated rings. The highest BCUT2D eigenvalue weighted by Gasteiger charge is 2.21. The van der Waals surface area contributed by atoms with Crippen LogP contribution in [0, 0.1) is 5.92 Å². The van der Waals surface area contributed by atoms with Crippen molar-refractivity contribution in [1.29, 1.82) is 0 Å². The van der Waals surface area contributed by atoms with E-state index < -0.39 is 0 Å². The van der Waals surface area contributed by atoms with Gasteiger partial charge in [0, 0.05) is 6.42 Å². The highest BCUT2D eigenvalue weighted by atomic mass is 16.1. The van der Waals surface area contributed by atoms with E-state index in [9.17, 15) is 4.79 Å². The minimum atomic E-state index is 0.240. The molecule has 0 aliphatic rings. The molecule has 0 N–H and O–H groups in total. The zero-order valence-corrected chi connectivity index (χ0v) is 11.8. The third-order valence-corrected chi connectivity index (χ3v) is 3.50. The Morgan fingerprint density at radius 2 is 1.95 bits per heavy atom. The first-order valence-corrected chi connectivity index (χ1v) is 6.96. The van der Waals surface area contributed by atoms with Gasteiger partial charge in [-0.2, -0.15) is 0 Å². The summed E-state index contributed by atoms with van der Waals surface area (Å²) in [6, 6.07) is 10.3. The van der Waals surface area contributed by atoms with E-state index in [-0.39, 0.29) is 11.7 Å². The first kappa shape index (κ1) is 15.4. The van der Waals surface area contributed by atoms with Crippen LogP contribution in [0.15, 0.2) is 55.6 Å². The van der Waals surface area contributed by atoms with Crippen LogP contribution >= 0.6 is 0 Å². The normalized spacial score (nSPS) is 13.5. The number of allylic oxidation sites excluding steroid dienone is 2. The summed E-state index contributed by atoms with van der Waals surface area (Å²) >= 11 is 0. The number of rotatable bonds is 9. The molecule has 1 nitrogen and oxygen atoms in total. The van der Waals surface area contributed by atoms with E-state index in [4.69, 9.17) is 0 Å². The standard InChI is InChI=1S/C18H24O/c1-4-6-8-11-16(5-2)18(14-15(3)19)17-12-9-7-10-13-17/h4-5,7,9-10,12-13,16,18H,1-2,6,8,11,14H2,3H3/t16-,18-/m0/s1. The molecule has 0 unspecified atom stereocenters. The Morgan fingerprint density at radius 3 is 2.47 bits per heavy atom. The zero-order chi connectivity index (χ0) is 14.1. The number of benzene rings is 1. The van der Waals surface area contributed by atoms with E-state index in [1.54, 1.807) is 6.92 Å². The lowest BCUT2D eigenvalue weighted by Gasteiger charge is -2.24. The molecule has 1 rings (SSSR count). The van der Waals surface area contributed by atoms with Crippen LogP contribution in [-0.2, 0) is 4.79 Å². The lowest BCUT2D eigenvalue weighted by Crippen LogP contribution is -2.14. The first-order valence-electron chi connectivity index (χ1n) is 6.96. The summed E-state index contributed by atoms with van der Waals surface area (Å²) in [5.74, 6) is 0.844. The van der Waals surface area contributed by atoms with Crippen LogP contribution in [0.25, 0.3) is 0 Å². The highest BCUT2D eigenvalue weighted by molar-refractivity contribution is 5.76. The summed E-state index contributed by atoms with van der Waals surface area (Å²) in [5.41, 5.74) is 1.24. The van der Waals surface area contributed by atoms with Gasteiger partial charge in [0.2, 0.25) is 0 Å². The molecule has 0 aromatic heterocycles. The van der Waals surface area contributed by atoms with Crippen LogP contribution in [0.1, 0.15) is 44.1 Å². The molecule has 0 saturated heterocycles. The zero-order valence-electron chi connectivity index (χ0n) is 11.8. The van der Waals surface area contributed by atoms with Crippen molar-refractivity contribution in [1.82, 2.24) is 0 Å². The van der Waals surface area contributed by atoms with Gasteiger partial charge in [-0.1, -0.05) is 42.5 Å². The van der Waals surface area contributed by atoms with Gasteiger partial charge in [-0.15, -0.1) is 13.2 Å². The fraction of sp³-hybridized carbons (Fsp3) is 0.389. The van der Waals surface area contributed by atoms with Gasteiger partial charge < -0.3 is 4.79 Å². The van der Waals surface area contributed by atoms with Crippen molar-refractivity contribution in [2.24, 2.45) is 5.92 Å². The molecule has 0 saturated carbocycles. The SMILES string of the molecule is C=CCCC[C@H](C=C)[C@H](CC(C)=O)c1ccccc1. The van der Waals surface area contributed by atoms with E-state index in [0.29, 0.717) is 12.3 Å². The van der Waals surface area contributed by atoms with Crippen molar-refractivity contribution in [2.45, 2.75) is 38.5 Å². The summed E-state index contributed by atoms with van der Waals surface area (Å²) in [5, 5.41) is 0. The molecule has 0 aliphatic carbocycles. The smallest absolute Gasteiger partial charge is 0.130 e. The number of carbonyl (C=O) groups excluding carboxylic acids is 1. The predicted octanol–water partition coefficient (Wildman–Crippen LogP) is 4.91. The van der Waals surface area contributed by atoms with Gasteiger partial charge in [0.25, 0.3) is 0 Å². The third kappa shape index (κ3) is 5.25. The van der Waals surface area contributed by atoms with Crippen molar-refractivity contribution in [2.75, 3.05) is 0 Å². The molecule has 102 valence electrons. The highest BCUT2D eigenvalue weighted by Crippen LogP contribution is 2.32. The molecule has 1 heteroatoms. The molecular formula is C18H24O. The molecule has 0 radical (unpaired) electrons. The maximum Gasteiger partial charge on any atom is 0.130 e. The van der Waals surface area contributed by atoms with Crippen molar-refractivity contribution < 1.29 is 4.79 Å². The van der Waals surface area contributed by atoms with Gasteiger partial charge in [-0.25, -0.2) is 0 Å². The number of carbonyl (C=O) groups is 1. The minimum absolute atomic E-state index is 0.240. The fourth-order valence-corrected chi connectivity index (χ4v) is 2.51. The van der Waals surface area contributed by atoms with Crippen molar-refractivity contribution >= 4 is 5.78 Å². The minimum Gasteiger partial charge on any atom is -0.300 e. The van der Waals surface area contributed by atoms with Crippen molar-refractivity contribution in [3.8, 4) is 0 Å². The Bertz CT molecular complexity index is 405. The lowest BCUT2D eigenvalue weighted by atomic mass is 9.80. The van der Waals surface area contributed by atoms with Crippen molar-refractivity contribution in [3.05, 3.63) is 61.2 Å². The molecule has 19 heavy (non-hydrogen) atoms. The lowest BCUT2D eigenvalue weighted by molar-refractivity contribution is -0.117. The Balaban J connectivity index is 2.84. The van der Waals surface area contributed by atoms with Gasteiger partial charge in [0.1, 0.15) is 5.78 Å². The molecular weight excluding hydrogens is 232 g/mol. The quantitative estimate of drug-likeness (QED) is 0.453. The molecule has 0 aliphatic heterocycles. The monoisotopic (exact) mass is 256 g/mol. The van der Waals surface area contributed by atoms with Crippen LogP contribution < -0.4 is 0 Å². The average Bonchev–Trinajstić information content (AvgIpc) is 2.42. The maximum atomic E-state index is 11.5. The van der Waals surface area contributed by atoms with E-state index in [2.05, 4.69) is 25.3 Å². The topological polar surface area (TPSA) is 17.1 Å². The summed E-state index contributed by atoms with van der Waals surface area (Å²) in [6.07, 6.45) is 7.72. The second-order valence-corrected chi connectivity index (χ2v) is 5.04. The Labute approximate surface area is 117 Å².